The molecule has 0 saturated carbocycles. The third kappa shape index (κ3) is 5.32. The van der Waals surface area contributed by atoms with Crippen LogP contribution >= 0.6 is 0 Å². The molecule has 1 aliphatic rings. The number of carbonyl (C=O) groups excluding carboxylic acids is 1. The first-order valence-corrected chi connectivity index (χ1v) is 8.98. The molecule has 3 rings (SSSR count). The van der Waals surface area contributed by atoms with Crippen molar-refractivity contribution in [2.24, 2.45) is 5.92 Å². The number of rotatable bonds is 5. The lowest BCUT2D eigenvalue weighted by molar-refractivity contribution is -0.137. The van der Waals surface area contributed by atoms with Gasteiger partial charge in [-0.1, -0.05) is 6.07 Å². The maximum absolute atomic E-state index is 12.7. The van der Waals surface area contributed by atoms with Gasteiger partial charge in [0.1, 0.15) is 5.82 Å². The predicted molar refractivity (Wildman–Crippen MR) is 96.2 cm³/mol. The fourth-order valence-electron chi connectivity index (χ4n) is 3.38. The van der Waals surface area contributed by atoms with Gasteiger partial charge in [-0.05, 0) is 57.0 Å². The van der Waals surface area contributed by atoms with Gasteiger partial charge >= 0.3 is 6.18 Å². The average molecular weight is 380 g/mol. The van der Waals surface area contributed by atoms with Crippen molar-refractivity contribution in [2.75, 3.05) is 25.0 Å². The molecule has 1 aromatic heterocycles. The number of nitrogens with zero attached hydrogens (tertiary/aromatic N) is 3. The van der Waals surface area contributed by atoms with Gasteiger partial charge in [0.05, 0.1) is 12.1 Å². The summed E-state index contributed by atoms with van der Waals surface area (Å²) in [7, 11) is 0. The van der Waals surface area contributed by atoms with E-state index in [1.165, 1.54) is 12.1 Å². The van der Waals surface area contributed by atoms with Crippen LogP contribution in [0.3, 0.4) is 0 Å². The van der Waals surface area contributed by atoms with Crippen LogP contribution in [0.1, 0.15) is 24.2 Å². The van der Waals surface area contributed by atoms with Crippen LogP contribution in [0, 0.1) is 12.8 Å². The lowest BCUT2D eigenvalue weighted by atomic mass is 9.96. The van der Waals surface area contributed by atoms with E-state index < -0.39 is 11.7 Å². The first-order valence-electron chi connectivity index (χ1n) is 8.98. The standard InChI is InChI=1S/C19H23F3N4O/c1-14-23-7-10-26(14)12-15-5-8-25(9-6-15)13-18(27)24-17-4-2-3-16(11-17)19(20,21)22/h2-4,7,10-11,15H,5-6,8-9,12-13H2,1H3,(H,24,27). The SMILES string of the molecule is Cc1nccn1CC1CCN(CC(=O)Nc2cccc(C(F)(F)F)c2)CC1. The van der Waals surface area contributed by atoms with Crippen molar-refractivity contribution >= 4 is 11.6 Å². The van der Waals surface area contributed by atoms with Crippen LogP contribution in [-0.2, 0) is 17.5 Å². The van der Waals surface area contributed by atoms with E-state index >= 15 is 0 Å². The number of aryl methyl sites for hydroxylation is 1. The fourth-order valence-corrected chi connectivity index (χ4v) is 3.38. The summed E-state index contributed by atoms with van der Waals surface area (Å²) in [4.78, 5) is 18.4. The molecular formula is C19H23F3N4O. The first kappa shape index (κ1) is 19.4. The number of hydrogen-bond donors (Lipinski definition) is 1. The second-order valence-electron chi connectivity index (χ2n) is 6.97. The van der Waals surface area contributed by atoms with Gasteiger partial charge < -0.3 is 9.88 Å². The quantitative estimate of drug-likeness (QED) is 0.863. The molecule has 5 nitrogen and oxygen atoms in total. The van der Waals surface area contributed by atoms with Gasteiger partial charge in [-0.2, -0.15) is 13.2 Å². The van der Waals surface area contributed by atoms with E-state index in [0.717, 1.165) is 50.4 Å². The molecule has 0 aliphatic carbocycles. The van der Waals surface area contributed by atoms with E-state index in [4.69, 9.17) is 0 Å². The van der Waals surface area contributed by atoms with Crippen LogP contribution in [-0.4, -0.2) is 40.0 Å². The normalized spacial score (nSPS) is 16.4. The van der Waals surface area contributed by atoms with Gasteiger partial charge in [-0.25, -0.2) is 4.98 Å². The van der Waals surface area contributed by atoms with Crippen molar-refractivity contribution < 1.29 is 18.0 Å². The zero-order valence-electron chi connectivity index (χ0n) is 15.2. The second-order valence-corrected chi connectivity index (χ2v) is 6.97. The molecule has 1 aliphatic heterocycles. The maximum atomic E-state index is 12.7. The highest BCUT2D eigenvalue weighted by Gasteiger charge is 2.30. The first-order chi connectivity index (χ1) is 12.8. The minimum atomic E-state index is -4.42. The van der Waals surface area contributed by atoms with Crippen LogP contribution < -0.4 is 5.32 Å². The Balaban J connectivity index is 1.46. The van der Waals surface area contributed by atoms with Crippen LogP contribution in [0.15, 0.2) is 36.7 Å². The number of hydrogen-bond acceptors (Lipinski definition) is 3. The molecule has 0 unspecified atom stereocenters. The smallest absolute Gasteiger partial charge is 0.335 e. The lowest BCUT2D eigenvalue weighted by Crippen LogP contribution is -2.40. The number of piperidine rings is 1. The van der Waals surface area contributed by atoms with Crippen molar-refractivity contribution in [2.45, 2.75) is 32.5 Å². The number of aromatic nitrogens is 2. The molecule has 0 atom stereocenters. The number of carbonyl (C=O) groups is 1. The summed E-state index contributed by atoms with van der Waals surface area (Å²) in [5.41, 5.74) is -0.601. The number of halogens is 3. The Kier molecular flexibility index (Phi) is 5.84. The third-order valence-corrected chi connectivity index (χ3v) is 4.93. The minimum Gasteiger partial charge on any atom is -0.335 e. The summed E-state index contributed by atoms with van der Waals surface area (Å²) in [5, 5.41) is 2.56. The van der Waals surface area contributed by atoms with Crippen LogP contribution in [0.2, 0.25) is 0 Å². The summed E-state index contributed by atoms with van der Waals surface area (Å²) in [6.07, 6.45) is 1.31. The minimum absolute atomic E-state index is 0.167. The Morgan fingerprint density at radius 2 is 2.04 bits per heavy atom. The highest BCUT2D eigenvalue weighted by molar-refractivity contribution is 5.92. The van der Waals surface area contributed by atoms with Crippen LogP contribution in [0.4, 0.5) is 18.9 Å². The van der Waals surface area contributed by atoms with Gasteiger partial charge in [0.2, 0.25) is 5.91 Å². The van der Waals surface area contributed by atoms with E-state index in [1.54, 1.807) is 6.20 Å². The zero-order chi connectivity index (χ0) is 19.4. The van der Waals surface area contributed by atoms with E-state index in [2.05, 4.69) is 14.9 Å². The summed E-state index contributed by atoms with van der Waals surface area (Å²) in [6.45, 7) is 4.69. The molecule has 146 valence electrons. The van der Waals surface area contributed by atoms with Gasteiger partial charge in [0.25, 0.3) is 0 Å². The summed E-state index contributed by atoms with van der Waals surface area (Å²) < 4.78 is 40.4. The van der Waals surface area contributed by atoms with Gasteiger partial charge in [0, 0.05) is 24.6 Å². The number of imidazole rings is 1. The molecule has 1 fully saturated rings. The van der Waals surface area contributed by atoms with Crippen LogP contribution in [0.25, 0.3) is 0 Å². The van der Waals surface area contributed by atoms with Crippen molar-refractivity contribution in [3.8, 4) is 0 Å². The van der Waals surface area contributed by atoms with Crippen molar-refractivity contribution in [1.29, 1.82) is 0 Å². The Morgan fingerprint density at radius 3 is 2.67 bits per heavy atom. The number of likely N-dealkylation sites (tertiary alicyclic amines) is 1. The molecule has 0 radical (unpaired) electrons. The Hall–Kier alpha value is -2.35. The topological polar surface area (TPSA) is 50.2 Å². The third-order valence-electron chi connectivity index (χ3n) is 4.93. The summed E-state index contributed by atoms with van der Waals surface area (Å²) in [5.74, 6) is 1.25. The van der Waals surface area contributed by atoms with Crippen molar-refractivity contribution in [3.63, 3.8) is 0 Å². The molecular weight excluding hydrogens is 357 g/mol. The highest BCUT2D eigenvalue weighted by Crippen LogP contribution is 2.30. The van der Waals surface area contributed by atoms with Crippen molar-refractivity contribution in [1.82, 2.24) is 14.5 Å². The molecule has 0 spiro atoms. The summed E-state index contributed by atoms with van der Waals surface area (Å²) >= 11 is 0. The fraction of sp³-hybridized carbons (Fsp3) is 0.474. The average Bonchev–Trinajstić information content (AvgIpc) is 3.01. The Morgan fingerprint density at radius 1 is 1.30 bits per heavy atom. The van der Waals surface area contributed by atoms with Gasteiger partial charge in [-0.15, -0.1) is 0 Å². The molecule has 2 aromatic rings. The molecule has 0 bridgehead atoms. The van der Waals surface area contributed by atoms with Crippen molar-refractivity contribution in [3.05, 3.63) is 48.0 Å². The summed E-state index contributed by atoms with van der Waals surface area (Å²) in [6, 6.07) is 4.70. The lowest BCUT2D eigenvalue weighted by Gasteiger charge is -2.31. The monoisotopic (exact) mass is 380 g/mol. The molecule has 8 heteroatoms. The number of alkyl halides is 3. The second kappa shape index (κ2) is 8.12. The predicted octanol–water partition coefficient (Wildman–Crippen LogP) is 3.56. The molecule has 1 N–H and O–H groups in total. The molecule has 1 amide bonds. The molecule has 27 heavy (non-hydrogen) atoms. The number of nitrogens with one attached hydrogen (secondary N) is 1. The van der Waals surface area contributed by atoms with E-state index in [1.807, 2.05) is 18.0 Å². The van der Waals surface area contributed by atoms with Crippen LogP contribution in [0.5, 0.6) is 0 Å². The molecule has 1 aromatic carbocycles. The zero-order valence-corrected chi connectivity index (χ0v) is 15.2. The molecule has 1 saturated heterocycles. The Bertz CT molecular complexity index is 779. The Labute approximate surface area is 156 Å². The van der Waals surface area contributed by atoms with Gasteiger partial charge in [-0.3, -0.25) is 9.69 Å². The molecule has 2 heterocycles. The van der Waals surface area contributed by atoms with E-state index in [9.17, 15) is 18.0 Å². The number of anilines is 1. The van der Waals surface area contributed by atoms with Gasteiger partial charge in [0.15, 0.2) is 0 Å². The highest BCUT2D eigenvalue weighted by atomic mass is 19.4. The maximum Gasteiger partial charge on any atom is 0.416 e. The van der Waals surface area contributed by atoms with E-state index in [0.29, 0.717) is 5.92 Å². The van der Waals surface area contributed by atoms with E-state index in [-0.39, 0.29) is 18.1 Å². The largest absolute Gasteiger partial charge is 0.416 e. The number of amides is 1. The number of benzene rings is 1.